The Balaban J connectivity index is 2.05. The summed E-state index contributed by atoms with van der Waals surface area (Å²) in [6.07, 6.45) is -0.254. The Kier molecular flexibility index (Phi) is 3.74. The zero-order valence-corrected chi connectivity index (χ0v) is 12.2. The molecule has 0 saturated heterocycles. The zero-order chi connectivity index (χ0) is 15.0. The molecule has 0 saturated carbocycles. The molecule has 1 aliphatic heterocycles. The van der Waals surface area contributed by atoms with Crippen molar-refractivity contribution in [2.24, 2.45) is 5.16 Å². The van der Waals surface area contributed by atoms with Crippen molar-refractivity contribution in [3.63, 3.8) is 0 Å². The Morgan fingerprint density at radius 2 is 1.90 bits per heavy atom. The van der Waals surface area contributed by atoms with Crippen molar-refractivity contribution >= 4 is 28.9 Å². The second-order valence-electron chi connectivity index (χ2n) is 4.69. The Bertz CT molecular complexity index is 716. The van der Waals surface area contributed by atoms with Crippen LogP contribution in [0.25, 0.3) is 0 Å². The van der Waals surface area contributed by atoms with Crippen molar-refractivity contribution in [2.45, 2.75) is 12.5 Å². The molecule has 1 atom stereocenters. The van der Waals surface area contributed by atoms with E-state index in [1.165, 1.54) is 12.1 Å². The third-order valence-corrected chi connectivity index (χ3v) is 3.80. The van der Waals surface area contributed by atoms with Crippen LogP contribution in [0.4, 0.5) is 4.39 Å². The number of benzene rings is 2. The van der Waals surface area contributed by atoms with Crippen LogP contribution >= 0.6 is 23.2 Å². The van der Waals surface area contributed by atoms with Gasteiger partial charge in [-0.15, -0.1) is 0 Å². The van der Waals surface area contributed by atoms with E-state index in [1.54, 1.807) is 24.3 Å². The summed E-state index contributed by atoms with van der Waals surface area (Å²) in [6.45, 7) is 0. The molecule has 108 valence electrons. The topological polar surface area (TPSA) is 41.8 Å². The first-order chi connectivity index (χ1) is 10.1. The fourth-order valence-corrected chi connectivity index (χ4v) is 2.92. The minimum atomic E-state index is -0.609. The number of ether oxygens (including phenoxy) is 1. The fraction of sp³-hybridized carbons (Fsp3) is 0.133. The third-order valence-electron chi connectivity index (χ3n) is 3.30. The Labute approximate surface area is 130 Å². The minimum absolute atomic E-state index is 0.345. The molecule has 1 aliphatic rings. The lowest BCUT2D eigenvalue weighted by atomic mass is 9.95. The van der Waals surface area contributed by atoms with Gasteiger partial charge < -0.3 is 9.94 Å². The van der Waals surface area contributed by atoms with Gasteiger partial charge in [0.1, 0.15) is 17.3 Å². The van der Waals surface area contributed by atoms with Gasteiger partial charge in [0.25, 0.3) is 0 Å². The normalized spacial score (nSPS) is 19.2. The van der Waals surface area contributed by atoms with Crippen LogP contribution in [0.5, 0.6) is 5.75 Å². The lowest BCUT2D eigenvalue weighted by Crippen LogP contribution is -2.26. The van der Waals surface area contributed by atoms with Gasteiger partial charge in [0.05, 0.1) is 5.02 Å². The fourth-order valence-electron chi connectivity index (χ4n) is 2.34. The van der Waals surface area contributed by atoms with Gasteiger partial charge in [0, 0.05) is 17.0 Å². The van der Waals surface area contributed by atoms with Crippen LogP contribution in [0.15, 0.2) is 41.6 Å². The van der Waals surface area contributed by atoms with Gasteiger partial charge >= 0.3 is 0 Å². The first-order valence-corrected chi connectivity index (χ1v) is 6.95. The second-order valence-corrected chi connectivity index (χ2v) is 5.54. The van der Waals surface area contributed by atoms with Gasteiger partial charge in [-0.1, -0.05) is 40.5 Å². The van der Waals surface area contributed by atoms with Gasteiger partial charge in [-0.05, 0) is 29.8 Å². The molecule has 0 aromatic heterocycles. The molecule has 1 unspecified atom stereocenters. The third kappa shape index (κ3) is 2.69. The summed E-state index contributed by atoms with van der Waals surface area (Å²) in [5, 5.41) is 13.4. The summed E-state index contributed by atoms with van der Waals surface area (Å²) in [4.78, 5) is 0. The highest BCUT2D eigenvalue weighted by Crippen LogP contribution is 2.40. The summed E-state index contributed by atoms with van der Waals surface area (Å²) < 4.78 is 18.9. The summed E-state index contributed by atoms with van der Waals surface area (Å²) in [5.74, 6) is 0.157. The van der Waals surface area contributed by atoms with Gasteiger partial charge in [-0.3, -0.25) is 0 Å². The zero-order valence-electron chi connectivity index (χ0n) is 10.7. The van der Waals surface area contributed by atoms with Crippen molar-refractivity contribution in [3.05, 3.63) is 63.4 Å². The van der Waals surface area contributed by atoms with E-state index in [-0.39, 0.29) is 5.82 Å². The van der Waals surface area contributed by atoms with Crippen molar-refractivity contribution in [3.8, 4) is 5.75 Å². The summed E-state index contributed by atoms with van der Waals surface area (Å²) >= 11 is 12.1. The quantitative estimate of drug-likeness (QED) is 0.613. The molecule has 0 radical (unpaired) electrons. The van der Waals surface area contributed by atoms with Crippen molar-refractivity contribution in [2.75, 3.05) is 0 Å². The number of hydrogen-bond acceptors (Lipinski definition) is 3. The molecule has 0 aliphatic carbocycles. The van der Waals surface area contributed by atoms with Gasteiger partial charge in [0.15, 0.2) is 6.10 Å². The van der Waals surface area contributed by atoms with E-state index in [0.29, 0.717) is 33.5 Å². The van der Waals surface area contributed by atoms with Crippen LogP contribution < -0.4 is 4.74 Å². The van der Waals surface area contributed by atoms with Crippen molar-refractivity contribution < 1.29 is 14.3 Å². The van der Waals surface area contributed by atoms with Crippen molar-refractivity contribution in [1.29, 1.82) is 0 Å². The van der Waals surface area contributed by atoms with Crippen LogP contribution in [0, 0.1) is 5.82 Å². The lowest BCUT2D eigenvalue weighted by molar-refractivity contribution is 0.244. The van der Waals surface area contributed by atoms with E-state index in [1.807, 2.05) is 0 Å². The number of halogens is 3. The van der Waals surface area contributed by atoms with Gasteiger partial charge in [-0.25, -0.2) is 4.39 Å². The lowest BCUT2D eigenvalue weighted by Gasteiger charge is -2.28. The number of oxime groups is 1. The molecule has 0 spiro atoms. The average molecular weight is 326 g/mol. The van der Waals surface area contributed by atoms with E-state index < -0.39 is 6.10 Å². The van der Waals surface area contributed by atoms with Crippen LogP contribution in [0.3, 0.4) is 0 Å². The Morgan fingerprint density at radius 3 is 2.57 bits per heavy atom. The molecule has 1 heterocycles. The summed E-state index contributed by atoms with van der Waals surface area (Å²) in [5.41, 5.74) is 1.84. The molecule has 6 heteroatoms. The maximum absolute atomic E-state index is 13.0. The molecule has 2 aromatic carbocycles. The van der Waals surface area contributed by atoms with Crippen LogP contribution in [-0.2, 0) is 6.42 Å². The molecular formula is C15H10Cl2FNO2. The van der Waals surface area contributed by atoms with Gasteiger partial charge in [0.2, 0.25) is 0 Å². The van der Waals surface area contributed by atoms with Crippen LogP contribution in [-0.4, -0.2) is 10.9 Å². The molecule has 0 fully saturated rings. The van der Waals surface area contributed by atoms with E-state index >= 15 is 0 Å². The molecule has 21 heavy (non-hydrogen) atoms. The highest BCUT2D eigenvalue weighted by atomic mass is 35.5. The maximum atomic E-state index is 13.0. The van der Waals surface area contributed by atoms with Crippen molar-refractivity contribution in [1.82, 2.24) is 0 Å². The van der Waals surface area contributed by atoms with E-state index in [9.17, 15) is 9.60 Å². The predicted octanol–water partition coefficient (Wildman–Crippen LogP) is 4.64. The first kappa shape index (κ1) is 14.2. The average Bonchev–Trinajstić information content (AvgIpc) is 2.47. The highest BCUT2D eigenvalue weighted by molar-refractivity contribution is 6.35. The highest BCUT2D eigenvalue weighted by Gasteiger charge is 2.30. The molecular weight excluding hydrogens is 316 g/mol. The van der Waals surface area contributed by atoms with Gasteiger partial charge in [-0.2, -0.15) is 0 Å². The molecule has 1 N–H and O–H groups in total. The molecule has 2 aromatic rings. The number of rotatable bonds is 1. The maximum Gasteiger partial charge on any atom is 0.165 e. The second kappa shape index (κ2) is 5.54. The SMILES string of the molecule is O/N=C1\Cc2cc(Cl)cc(Cl)c2OC1c1ccc(F)cc1. The Hall–Kier alpha value is -1.78. The standard InChI is InChI=1S/C15H10Cl2FNO2/c16-10-5-9-6-13(19-20)15(21-14(9)12(17)7-10)8-1-3-11(18)4-2-8/h1-5,7,15,20H,6H2/b19-13+. The minimum Gasteiger partial charge on any atom is -0.478 e. The molecule has 3 rings (SSSR count). The smallest absolute Gasteiger partial charge is 0.165 e. The molecule has 0 amide bonds. The molecule has 0 bridgehead atoms. The first-order valence-electron chi connectivity index (χ1n) is 6.19. The summed E-state index contributed by atoms with van der Waals surface area (Å²) in [6, 6.07) is 9.12. The van der Waals surface area contributed by atoms with E-state index in [4.69, 9.17) is 27.9 Å². The molecule has 3 nitrogen and oxygen atoms in total. The largest absolute Gasteiger partial charge is 0.478 e. The summed E-state index contributed by atoms with van der Waals surface area (Å²) in [7, 11) is 0. The van der Waals surface area contributed by atoms with Crippen LogP contribution in [0.1, 0.15) is 17.2 Å². The van der Waals surface area contributed by atoms with E-state index in [0.717, 1.165) is 5.56 Å². The van der Waals surface area contributed by atoms with Crippen LogP contribution in [0.2, 0.25) is 10.0 Å². The monoisotopic (exact) mass is 325 g/mol. The Morgan fingerprint density at radius 1 is 1.19 bits per heavy atom. The number of fused-ring (bicyclic) bond motifs is 1. The predicted molar refractivity (Wildman–Crippen MR) is 79.2 cm³/mol. The number of hydrogen-bond donors (Lipinski definition) is 1. The van der Waals surface area contributed by atoms with E-state index in [2.05, 4.69) is 5.16 Å². The number of nitrogens with zero attached hydrogens (tertiary/aromatic N) is 1.